The van der Waals surface area contributed by atoms with E-state index in [1.54, 1.807) is 24.2 Å². The number of hydrogen-bond acceptors (Lipinski definition) is 3. The molecule has 1 unspecified atom stereocenters. The van der Waals surface area contributed by atoms with E-state index in [1.165, 1.54) is 0 Å². The third kappa shape index (κ3) is 3.74. The highest BCUT2D eigenvalue weighted by molar-refractivity contribution is 5.93. The number of methoxy groups -OCH3 is 1. The largest absolute Gasteiger partial charge is 0.382 e. The molecule has 1 saturated heterocycles. The molecule has 5 heteroatoms. The molecule has 0 spiro atoms. The molecule has 0 radical (unpaired) electrons. The van der Waals surface area contributed by atoms with Crippen LogP contribution in [0.25, 0.3) is 6.08 Å². The van der Waals surface area contributed by atoms with Gasteiger partial charge in [-0.25, -0.2) is 0 Å². The van der Waals surface area contributed by atoms with Crippen molar-refractivity contribution < 1.29 is 14.3 Å². The first-order chi connectivity index (χ1) is 10.6. The smallest absolute Gasteiger partial charge is 0.247 e. The Morgan fingerprint density at radius 3 is 2.73 bits per heavy atom. The van der Waals surface area contributed by atoms with Crippen LogP contribution in [0, 0.1) is 0 Å². The molecule has 2 rings (SSSR count). The number of nitrogens with zero attached hydrogens (tertiary/aromatic N) is 1. The average molecular weight is 302 g/mol. The van der Waals surface area contributed by atoms with Crippen LogP contribution in [-0.4, -0.2) is 42.5 Å². The van der Waals surface area contributed by atoms with Crippen LogP contribution in [-0.2, 0) is 14.3 Å². The van der Waals surface area contributed by atoms with Gasteiger partial charge in [-0.3, -0.25) is 9.59 Å². The predicted octanol–water partition coefficient (Wildman–Crippen LogP) is 1.58. The summed E-state index contributed by atoms with van der Waals surface area (Å²) in [4.78, 5) is 25.6. The van der Waals surface area contributed by atoms with Gasteiger partial charge in [-0.05, 0) is 24.5 Å². The number of benzene rings is 1. The lowest BCUT2D eigenvalue weighted by Crippen LogP contribution is -2.52. The zero-order valence-electron chi connectivity index (χ0n) is 12.8. The molecule has 1 heterocycles. The molecule has 0 saturated carbocycles. The minimum absolute atomic E-state index is 0.111. The summed E-state index contributed by atoms with van der Waals surface area (Å²) in [6.45, 7) is 0.940. The third-order valence-corrected chi connectivity index (χ3v) is 4.00. The van der Waals surface area contributed by atoms with Gasteiger partial charge in [0.05, 0.1) is 18.6 Å². The highest BCUT2D eigenvalue weighted by Gasteiger charge is 2.44. The fourth-order valence-electron chi connectivity index (χ4n) is 3.08. The summed E-state index contributed by atoms with van der Waals surface area (Å²) in [5.41, 5.74) is 5.71. The van der Waals surface area contributed by atoms with Gasteiger partial charge in [0.2, 0.25) is 11.8 Å². The number of hydrogen-bond donors (Lipinski definition) is 1. The molecule has 2 N–H and O–H groups in total. The number of amides is 2. The molecule has 5 nitrogen and oxygen atoms in total. The molecular weight excluding hydrogens is 280 g/mol. The van der Waals surface area contributed by atoms with Crippen LogP contribution in [0.15, 0.2) is 36.4 Å². The molecule has 0 bridgehead atoms. The van der Waals surface area contributed by atoms with Crippen molar-refractivity contribution in [2.75, 3.05) is 20.3 Å². The molecular formula is C17H22N2O3. The Bertz CT molecular complexity index is 556. The van der Waals surface area contributed by atoms with Crippen molar-refractivity contribution in [1.82, 2.24) is 4.90 Å². The maximum atomic E-state index is 12.5. The average Bonchev–Trinajstić information content (AvgIpc) is 2.89. The van der Waals surface area contributed by atoms with E-state index in [0.29, 0.717) is 13.2 Å². The highest BCUT2D eigenvalue weighted by atomic mass is 16.5. The Morgan fingerprint density at radius 1 is 1.36 bits per heavy atom. The monoisotopic (exact) mass is 302 g/mol. The van der Waals surface area contributed by atoms with Crippen molar-refractivity contribution in [3.63, 3.8) is 0 Å². The number of carbonyl (C=O) groups is 2. The Labute approximate surface area is 130 Å². The fourth-order valence-corrected chi connectivity index (χ4v) is 3.08. The van der Waals surface area contributed by atoms with Crippen molar-refractivity contribution in [3.05, 3.63) is 42.0 Å². The van der Waals surface area contributed by atoms with Crippen molar-refractivity contribution in [2.45, 2.75) is 24.8 Å². The molecule has 2 amide bonds. The molecule has 1 aliphatic heterocycles. The SMILES string of the molecule is COCC1(CC(N)=O)CCCN1C(=O)/C=C/c1ccccc1. The Hall–Kier alpha value is -2.14. The van der Waals surface area contributed by atoms with E-state index in [4.69, 9.17) is 10.5 Å². The Balaban J connectivity index is 2.15. The van der Waals surface area contributed by atoms with Crippen molar-refractivity contribution in [2.24, 2.45) is 5.73 Å². The number of nitrogens with two attached hydrogens (primary N) is 1. The van der Waals surface area contributed by atoms with E-state index in [0.717, 1.165) is 18.4 Å². The number of rotatable bonds is 6. The lowest BCUT2D eigenvalue weighted by Gasteiger charge is -2.36. The zero-order valence-corrected chi connectivity index (χ0v) is 12.8. The first kappa shape index (κ1) is 16.2. The van der Waals surface area contributed by atoms with Gasteiger partial charge in [0, 0.05) is 19.7 Å². The maximum absolute atomic E-state index is 12.5. The van der Waals surface area contributed by atoms with Crippen LogP contribution < -0.4 is 5.73 Å². The molecule has 118 valence electrons. The van der Waals surface area contributed by atoms with Crippen LogP contribution >= 0.6 is 0 Å². The summed E-state index contributed by atoms with van der Waals surface area (Å²) >= 11 is 0. The van der Waals surface area contributed by atoms with Gasteiger partial charge in [-0.1, -0.05) is 30.3 Å². The lowest BCUT2D eigenvalue weighted by atomic mass is 9.92. The van der Waals surface area contributed by atoms with Crippen molar-refractivity contribution in [3.8, 4) is 0 Å². The number of likely N-dealkylation sites (tertiary alicyclic amines) is 1. The molecule has 1 aromatic rings. The maximum Gasteiger partial charge on any atom is 0.247 e. The van der Waals surface area contributed by atoms with Gasteiger partial charge in [-0.2, -0.15) is 0 Å². The molecule has 1 fully saturated rings. The zero-order chi connectivity index (χ0) is 16.0. The summed E-state index contributed by atoms with van der Waals surface area (Å²) in [6, 6.07) is 9.62. The second-order valence-corrected chi connectivity index (χ2v) is 5.64. The quantitative estimate of drug-likeness (QED) is 0.811. The van der Waals surface area contributed by atoms with Crippen molar-refractivity contribution in [1.29, 1.82) is 0 Å². The predicted molar refractivity (Wildman–Crippen MR) is 84.8 cm³/mol. The Morgan fingerprint density at radius 2 is 2.09 bits per heavy atom. The second-order valence-electron chi connectivity index (χ2n) is 5.64. The van der Waals surface area contributed by atoms with Crippen LogP contribution in [0.1, 0.15) is 24.8 Å². The van der Waals surface area contributed by atoms with Gasteiger partial charge >= 0.3 is 0 Å². The van der Waals surface area contributed by atoms with E-state index in [-0.39, 0.29) is 12.3 Å². The topological polar surface area (TPSA) is 72.6 Å². The van der Waals surface area contributed by atoms with E-state index in [2.05, 4.69) is 0 Å². The molecule has 1 aromatic carbocycles. The summed E-state index contributed by atoms with van der Waals surface area (Å²) in [6.07, 6.45) is 5.04. The van der Waals surface area contributed by atoms with Gasteiger partial charge < -0.3 is 15.4 Å². The minimum Gasteiger partial charge on any atom is -0.382 e. The van der Waals surface area contributed by atoms with E-state index in [9.17, 15) is 9.59 Å². The highest BCUT2D eigenvalue weighted by Crippen LogP contribution is 2.33. The first-order valence-electron chi connectivity index (χ1n) is 7.39. The first-order valence-corrected chi connectivity index (χ1v) is 7.39. The van der Waals surface area contributed by atoms with Crippen LogP contribution in [0.5, 0.6) is 0 Å². The summed E-state index contributed by atoms with van der Waals surface area (Å²) < 4.78 is 5.25. The standard InChI is InChI=1S/C17H22N2O3/c1-22-13-17(12-15(18)20)10-5-11-19(17)16(21)9-8-14-6-3-2-4-7-14/h2-4,6-9H,5,10-13H2,1H3,(H2,18,20)/b9-8+. The second kappa shape index (κ2) is 7.22. The van der Waals surface area contributed by atoms with E-state index < -0.39 is 11.4 Å². The van der Waals surface area contributed by atoms with Gasteiger partial charge in [0.25, 0.3) is 0 Å². The Kier molecular flexibility index (Phi) is 5.33. The van der Waals surface area contributed by atoms with Crippen molar-refractivity contribution >= 4 is 17.9 Å². The number of carbonyl (C=O) groups excluding carboxylic acids is 2. The lowest BCUT2D eigenvalue weighted by molar-refractivity contribution is -0.134. The third-order valence-electron chi connectivity index (χ3n) is 4.00. The normalized spacial score (nSPS) is 21.4. The van der Waals surface area contributed by atoms with Gasteiger partial charge in [-0.15, -0.1) is 0 Å². The number of primary amides is 1. The molecule has 0 aliphatic carbocycles. The molecule has 22 heavy (non-hydrogen) atoms. The van der Waals surface area contributed by atoms with Crippen LogP contribution in [0.2, 0.25) is 0 Å². The molecule has 0 aromatic heterocycles. The van der Waals surface area contributed by atoms with Gasteiger partial charge in [0.15, 0.2) is 0 Å². The fraction of sp³-hybridized carbons (Fsp3) is 0.412. The number of ether oxygens (including phenoxy) is 1. The van der Waals surface area contributed by atoms with Crippen LogP contribution in [0.3, 0.4) is 0 Å². The van der Waals surface area contributed by atoms with Crippen LogP contribution in [0.4, 0.5) is 0 Å². The summed E-state index contributed by atoms with van der Waals surface area (Å²) in [5.74, 6) is -0.525. The summed E-state index contributed by atoms with van der Waals surface area (Å²) in [7, 11) is 1.57. The molecule has 1 aliphatic rings. The van der Waals surface area contributed by atoms with Gasteiger partial charge in [0.1, 0.15) is 0 Å². The van der Waals surface area contributed by atoms with E-state index >= 15 is 0 Å². The summed E-state index contributed by atoms with van der Waals surface area (Å²) in [5, 5.41) is 0. The van der Waals surface area contributed by atoms with E-state index in [1.807, 2.05) is 30.3 Å². The molecule has 1 atom stereocenters. The minimum atomic E-state index is -0.612.